The van der Waals surface area contributed by atoms with Crippen LogP contribution in [0.15, 0.2) is 46.9 Å². The Hall–Kier alpha value is -2.73. The fraction of sp³-hybridized carbons (Fsp3) is 0.346. The summed E-state index contributed by atoms with van der Waals surface area (Å²) in [5.41, 5.74) is 5.84. The number of aryl methyl sites for hydroxylation is 2. The maximum atomic E-state index is 12.9. The van der Waals surface area contributed by atoms with E-state index in [1.54, 1.807) is 6.07 Å². The van der Waals surface area contributed by atoms with Gasteiger partial charge in [-0.15, -0.1) is 0 Å². The SMILES string of the molecule is O=C(Cc1ccc(Br)cc1)Nc1nc2c(nc1C1CCCCC1)-c1ccc(O)cc1CC2. The quantitative estimate of drug-likeness (QED) is 0.473. The van der Waals surface area contributed by atoms with Gasteiger partial charge in [0.1, 0.15) is 5.75 Å². The second-order valence-corrected chi connectivity index (χ2v) is 9.70. The summed E-state index contributed by atoms with van der Waals surface area (Å²) in [7, 11) is 0. The first-order valence-corrected chi connectivity index (χ1v) is 12.1. The summed E-state index contributed by atoms with van der Waals surface area (Å²) in [6, 6.07) is 13.3. The van der Waals surface area contributed by atoms with Crippen molar-refractivity contribution in [2.24, 2.45) is 0 Å². The van der Waals surface area contributed by atoms with Gasteiger partial charge in [0.05, 0.1) is 23.5 Å². The Balaban J connectivity index is 1.49. The summed E-state index contributed by atoms with van der Waals surface area (Å²) in [6.07, 6.45) is 7.62. The molecule has 1 heterocycles. The van der Waals surface area contributed by atoms with Crippen LogP contribution in [-0.4, -0.2) is 21.0 Å². The Morgan fingerprint density at radius 3 is 2.59 bits per heavy atom. The lowest BCUT2D eigenvalue weighted by Gasteiger charge is -2.26. The van der Waals surface area contributed by atoms with Gasteiger partial charge in [-0.3, -0.25) is 4.79 Å². The Morgan fingerprint density at radius 1 is 1.03 bits per heavy atom. The number of aromatic nitrogens is 2. The maximum Gasteiger partial charge on any atom is 0.229 e. The van der Waals surface area contributed by atoms with E-state index in [0.29, 0.717) is 18.2 Å². The molecule has 0 atom stereocenters. The van der Waals surface area contributed by atoms with E-state index in [1.807, 2.05) is 36.4 Å². The first-order valence-electron chi connectivity index (χ1n) is 11.3. The van der Waals surface area contributed by atoms with Crippen molar-refractivity contribution >= 4 is 27.7 Å². The Bertz CT molecular complexity index is 1150. The molecule has 1 aromatic heterocycles. The van der Waals surface area contributed by atoms with Crippen molar-refractivity contribution in [2.75, 3.05) is 5.32 Å². The van der Waals surface area contributed by atoms with Gasteiger partial charge in [0.2, 0.25) is 5.91 Å². The van der Waals surface area contributed by atoms with Crippen LogP contribution in [0.4, 0.5) is 5.82 Å². The number of halogens is 1. The predicted molar refractivity (Wildman–Crippen MR) is 129 cm³/mol. The molecule has 0 radical (unpaired) electrons. The van der Waals surface area contributed by atoms with E-state index in [1.165, 1.54) is 19.3 Å². The highest BCUT2D eigenvalue weighted by molar-refractivity contribution is 9.10. The number of carbonyl (C=O) groups is 1. The van der Waals surface area contributed by atoms with E-state index in [-0.39, 0.29) is 11.7 Å². The van der Waals surface area contributed by atoms with Crippen molar-refractivity contribution in [3.05, 3.63) is 69.5 Å². The molecule has 5 nitrogen and oxygen atoms in total. The van der Waals surface area contributed by atoms with Crippen LogP contribution in [0.1, 0.15) is 60.5 Å². The molecule has 0 bridgehead atoms. The van der Waals surface area contributed by atoms with E-state index >= 15 is 0 Å². The smallest absolute Gasteiger partial charge is 0.229 e. The highest BCUT2D eigenvalue weighted by atomic mass is 79.9. The molecular formula is C26H26BrN3O2. The monoisotopic (exact) mass is 491 g/mol. The summed E-state index contributed by atoms with van der Waals surface area (Å²) < 4.78 is 0.996. The number of hydrogen-bond acceptors (Lipinski definition) is 4. The summed E-state index contributed by atoms with van der Waals surface area (Å²) in [6.45, 7) is 0. The van der Waals surface area contributed by atoms with Crippen molar-refractivity contribution in [2.45, 2.75) is 57.3 Å². The number of amides is 1. The molecule has 2 aliphatic carbocycles. The number of anilines is 1. The fourth-order valence-corrected chi connectivity index (χ4v) is 5.13. The zero-order valence-electron chi connectivity index (χ0n) is 17.9. The van der Waals surface area contributed by atoms with Gasteiger partial charge in [-0.25, -0.2) is 9.97 Å². The van der Waals surface area contributed by atoms with Crippen LogP contribution < -0.4 is 5.32 Å². The molecule has 2 aromatic carbocycles. The van der Waals surface area contributed by atoms with Gasteiger partial charge in [-0.05, 0) is 67.1 Å². The number of phenols is 1. The van der Waals surface area contributed by atoms with Crippen LogP contribution in [0, 0.1) is 0 Å². The molecule has 1 saturated carbocycles. The van der Waals surface area contributed by atoms with Crippen molar-refractivity contribution in [3.8, 4) is 17.0 Å². The number of carbonyl (C=O) groups excluding carboxylic acids is 1. The van der Waals surface area contributed by atoms with Crippen LogP contribution >= 0.6 is 15.9 Å². The molecular weight excluding hydrogens is 466 g/mol. The number of hydrogen-bond donors (Lipinski definition) is 2. The third-order valence-corrected chi connectivity index (χ3v) is 7.03. The third-order valence-electron chi connectivity index (χ3n) is 6.50. The Kier molecular flexibility index (Phi) is 5.96. The van der Waals surface area contributed by atoms with Gasteiger partial charge in [0.25, 0.3) is 0 Å². The Labute approximate surface area is 196 Å². The number of rotatable bonds is 4. The Morgan fingerprint density at radius 2 is 1.81 bits per heavy atom. The van der Waals surface area contributed by atoms with E-state index in [0.717, 1.165) is 63.9 Å². The largest absolute Gasteiger partial charge is 0.508 e. The average Bonchev–Trinajstić information content (AvgIpc) is 2.80. The van der Waals surface area contributed by atoms with Gasteiger partial charge < -0.3 is 10.4 Å². The summed E-state index contributed by atoms with van der Waals surface area (Å²) in [4.78, 5) is 22.9. The first-order chi connectivity index (χ1) is 15.6. The van der Waals surface area contributed by atoms with Crippen LogP contribution in [-0.2, 0) is 24.1 Å². The normalized spacial score (nSPS) is 15.7. The van der Waals surface area contributed by atoms with E-state index < -0.39 is 0 Å². The highest BCUT2D eigenvalue weighted by Crippen LogP contribution is 2.39. The highest BCUT2D eigenvalue weighted by Gasteiger charge is 2.27. The number of nitrogens with zero attached hydrogens (tertiary/aromatic N) is 2. The topological polar surface area (TPSA) is 75.1 Å². The zero-order valence-corrected chi connectivity index (χ0v) is 19.5. The fourth-order valence-electron chi connectivity index (χ4n) is 4.86. The van der Waals surface area contributed by atoms with E-state index in [9.17, 15) is 9.90 Å². The van der Waals surface area contributed by atoms with Crippen LogP contribution in [0.3, 0.4) is 0 Å². The lowest BCUT2D eigenvalue weighted by molar-refractivity contribution is -0.115. The molecule has 2 aliphatic rings. The molecule has 1 amide bonds. The van der Waals surface area contributed by atoms with Crippen LogP contribution in [0.5, 0.6) is 5.75 Å². The standard InChI is InChI=1S/C26H26BrN3O2/c27-19-9-6-16(7-10-19)14-23(32)29-26-24(17-4-2-1-3-5-17)30-25-21-12-11-20(31)15-18(21)8-13-22(25)28-26/h6-7,9-12,15,17,31H,1-5,8,13-14H2,(H,28,29,32). The minimum absolute atomic E-state index is 0.0697. The van der Waals surface area contributed by atoms with Gasteiger partial charge >= 0.3 is 0 Å². The average molecular weight is 492 g/mol. The molecule has 164 valence electrons. The molecule has 32 heavy (non-hydrogen) atoms. The minimum atomic E-state index is -0.0697. The van der Waals surface area contributed by atoms with E-state index in [2.05, 4.69) is 21.2 Å². The zero-order chi connectivity index (χ0) is 22.1. The van der Waals surface area contributed by atoms with Crippen LogP contribution in [0.25, 0.3) is 11.3 Å². The predicted octanol–water partition coefficient (Wildman–Crippen LogP) is 5.94. The van der Waals surface area contributed by atoms with Crippen LogP contribution in [0.2, 0.25) is 0 Å². The number of aromatic hydroxyl groups is 1. The number of phenolic OH excluding ortho intramolecular Hbond substituents is 1. The molecule has 5 rings (SSSR count). The molecule has 2 N–H and O–H groups in total. The van der Waals surface area contributed by atoms with Crippen molar-refractivity contribution in [1.29, 1.82) is 0 Å². The summed E-state index contributed by atoms with van der Waals surface area (Å²) >= 11 is 3.44. The number of benzene rings is 2. The first kappa shape index (κ1) is 21.1. The van der Waals surface area contributed by atoms with Gasteiger partial charge in [-0.1, -0.05) is 47.3 Å². The second-order valence-electron chi connectivity index (χ2n) is 8.78. The minimum Gasteiger partial charge on any atom is -0.508 e. The molecule has 0 spiro atoms. The van der Waals surface area contributed by atoms with Gasteiger partial charge in [0, 0.05) is 16.0 Å². The molecule has 1 fully saturated rings. The number of nitrogens with one attached hydrogen (secondary N) is 1. The van der Waals surface area contributed by atoms with Crippen molar-refractivity contribution < 1.29 is 9.90 Å². The molecule has 6 heteroatoms. The maximum absolute atomic E-state index is 12.9. The second kappa shape index (κ2) is 9.02. The summed E-state index contributed by atoms with van der Waals surface area (Å²) in [5.74, 6) is 1.15. The molecule has 0 aliphatic heterocycles. The molecule has 3 aromatic rings. The number of fused-ring (bicyclic) bond motifs is 3. The van der Waals surface area contributed by atoms with Crippen molar-refractivity contribution in [1.82, 2.24) is 9.97 Å². The third kappa shape index (κ3) is 4.42. The molecule has 0 saturated heterocycles. The van der Waals surface area contributed by atoms with Gasteiger partial charge in [-0.2, -0.15) is 0 Å². The van der Waals surface area contributed by atoms with E-state index in [4.69, 9.17) is 9.97 Å². The summed E-state index contributed by atoms with van der Waals surface area (Å²) in [5, 5.41) is 13.0. The lowest BCUT2D eigenvalue weighted by atomic mass is 9.85. The van der Waals surface area contributed by atoms with Gasteiger partial charge in [0.15, 0.2) is 5.82 Å². The van der Waals surface area contributed by atoms with Crippen molar-refractivity contribution in [3.63, 3.8) is 0 Å². The molecule has 0 unspecified atom stereocenters. The lowest BCUT2D eigenvalue weighted by Crippen LogP contribution is -2.21.